The lowest BCUT2D eigenvalue weighted by molar-refractivity contribution is 0.540. The number of benzene rings is 2. The predicted molar refractivity (Wildman–Crippen MR) is 161 cm³/mol. The van der Waals surface area contributed by atoms with Crippen LogP contribution >= 0.6 is 0 Å². The van der Waals surface area contributed by atoms with E-state index in [0.717, 1.165) is 34.2 Å². The fraction of sp³-hybridized carbons (Fsp3) is 0.167. The second kappa shape index (κ2) is 10.3. The predicted octanol–water partition coefficient (Wildman–Crippen LogP) is 9.50. The normalized spacial score (nSPS) is 20.1. The van der Waals surface area contributed by atoms with Crippen molar-refractivity contribution >= 4 is 8.07 Å². The summed E-state index contributed by atoms with van der Waals surface area (Å²) < 4.78 is 13.1. The van der Waals surface area contributed by atoms with Crippen LogP contribution in [0.2, 0.25) is 13.1 Å². The molecule has 10 radical (unpaired) electrons. The van der Waals surface area contributed by atoms with Crippen molar-refractivity contribution in [1.29, 1.82) is 0 Å². The summed E-state index contributed by atoms with van der Waals surface area (Å²) >= 11 is 0. The lowest BCUT2D eigenvalue weighted by atomic mass is 9.94. The molecule has 4 aromatic rings. The Morgan fingerprint density at radius 1 is 0.436 bits per heavy atom. The zero-order chi connectivity index (χ0) is 27.3. The van der Waals surface area contributed by atoms with Crippen molar-refractivity contribution in [1.82, 2.24) is 0 Å². The van der Waals surface area contributed by atoms with E-state index in [4.69, 9.17) is 8.83 Å². The van der Waals surface area contributed by atoms with Crippen molar-refractivity contribution in [3.05, 3.63) is 156 Å². The van der Waals surface area contributed by atoms with Crippen LogP contribution in [0, 0.1) is 59.4 Å². The van der Waals surface area contributed by atoms with Gasteiger partial charge in [0.25, 0.3) is 0 Å². The first kappa shape index (κ1) is 26.4. The van der Waals surface area contributed by atoms with E-state index in [-0.39, 0.29) is 0 Å². The summed E-state index contributed by atoms with van der Waals surface area (Å²) in [5.41, 5.74) is 5.08. The van der Waals surface area contributed by atoms with Crippen molar-refractivity contribution in [2.75, 3.05) is 0 Å². The van der Waals surface area contributed by atoms with E-state index in [1.54, 1.807) is 0 Å². The van der Waals surface area contributed by atoms with Crippen molar-refractivity contribution in [2.24, 2.45) is 0 Å². The highest BCUT2D eigenvalue weighted by Crippen LogP contribution is 2.62. The minimum absolute atomic E-state index is 0.902. The number of hydrogen-bond acceptors (Lipinski definition) is 2. The third-order valence-electron chi connectivity index (χ3n) is 8.01. The van der Waals surface area contributed by atoms with Crippen LogP contribution in [0.15, 0.2) is 93.8 Å². The average Bonchev–Trinajstić information content (AvgIpc) is 3.70. The first-order valence-corrected chi connectivity index (χ1v) is 16.6. The van der Waals surface area contributed by atoms with Crippen LogP contribution in [0.5, 0.6) is 0 Å². The van der Waals surface area contributed by atoms with E-state index in [2.05, 4.69) is 126 Å². The Morgan fingerprint density at radius 2 is 0.795 bits per heavy atom. The molecule has 2 saturated carbocycles. The molecule has 0 spiro atoms. The lowest BCUT2D eigenvalue weighted by Gasteiger charge is -2.43. The molecule has 2 aromatic carbocycles. The van der Waals surface area contributed by atoms with Gasteiger partial charge in [-0.2, -0.15) is 0 Å². The molecule has 2 fully saturated rings. The van der Waals surface area contributed by atoms with Crippen molar-refractivity contribution < 1.29 is 8.83 Å². The standard InChI is InChI=1S/C36H34O2Si/c1-23-21-25(3)35(33(23)31-19-17-29(37-31)27-13-9-7-10-14-27)39(5,6)36-26(4)22-24(2)34(36)32-20-18-30(38-32)28-15-11-8-12-16-28/h7-22H,1-6H3. The second-order valence-electron chi connectivity index (χ2n) is 11.2. The molecule has 0 saturated heterocycles. The van der Waals surface area contributed by atoms with Gasteiger partial charge in [0.2, 0.25) is 0 Å². The average molecular weight is 527 g/mol. The Balaban J connectivity index is 1.35. The second-order valence-corrected chi connectivity index (χ2v) is 15.5. The molecular formula is C36H34O2Si. The highest BCUT2D eigenvalue weighted by atomic mass is 28.3. The van der Waals surface area contributed by atoms with Gasteiger partial charge in [-0.15, -0.1) is 0 Å². The Labute approximate surface area is 235 Å². The summed E-state index contributed by atoms with van der Waals surface area (Å²) in [7, 11) is -2.22. The molecule has 0 bridgehead atoms. The van der Waals surface area contributed by atoms with Gasteiger partial charge in [0.1, 0.15) is 23.0 Å². The molecule has 194 valence electrons. The number of hydrogen-bond donors (Lipinski definition) is 0. The van der Waals surface area contributed by atoms with Crippen LogP contribution in [0.3, 0.4) is 0 Å². The molecule has 0 N–H and O–H groups in total. The van der Waals surface area contributed by atoms with Crippen LogP contribution in [0.25, 0.3) is 22.6 Å². The molecule has 2 nitrogen and oxygen atoms in total. The molecule has 2 aliphatic carbocycles. The Bertz CT molecular complexity index is 1280. The third kappa shape index (κ3) is 4.67. The fourth-order valence-electron chi connectivity index (χ4n) is 6.56. The summed E-state index contributed by atoms with van der Waals surface area (Å²) in [6.45, 7) is 13.9. The van der Waals surface area contributed by atoms with E-state index in [9.17, 15) is 0 Å². The van der Waals surface area contributed by atoms with Crippen molar-refractivity contribution in [3.63, 3.8) is 0 Å². The third-order valence-corrected chi connectivity index (χ3v) is 11.8. The highest BCUT2D eigenvalue weighted by Gasteiger charge is 2.59. The minimum atomic E-state index is -2.22. The van der Waals surface area contributed by atoms with Gasteiger partial charge in [0, 0.05) is 11.1 Å². The van der Waals surface area contributed by atoms with Gasteiger partial charge in [-0.05, 0) is 71.9 Å². The summed E-state index contributed by atoms with van der Waals surface area (Å²) in [6, 6.07) is 29.2. The molecular weight excluding hydrogens is 492 g/mol. The summed E-state index contributed by atoms with van der Waals surface area (Å²) in [4.78, 5) is 0. The monoisotopic (exact) mass is 526 g/mol. The SMILES string of the molecule is C[C]1[CH][C](C)[C]([Si](C)(C)[C]2[C](C)[CH][C](C)[C]2c2ccc(-c3ccccc3)o2)[C]1c1ccc(-c2ccccc2)o1. The lowest BCUT2D eigenvalue weighted by Crippen LogP contribution is -2.48. The van der Waals surface area contributed by atoms with Crippen molar-refractivity contribution in [3.8, 4) is 22.6 Å². The van der Waals surface area contributed by atoms with Crippen LogP contribution in [-0.2, 0) is 0 Å². The van der Waals surface area contributed by atoms with E-state index in [1.165, 1.54) is 46.6 Å². The zero-order valence-corrected chi connectivity index (χ0v) is 24.6. The van der Waals surface area contributed by atoms with Crippen LogP contribution in [0.4, 0.5) is 0 Å². The Hall–Kier alpha value is -2.78. The zero-order valence-electron chi connectivity index (χ0n) is 23.6. The summed E-state index contributed by atoms with van der Waals surface area (Å²) in [5, 5.41) is 0. The van der Waals surface area contributed by atoms with Gasteiger partial charge in [0.15, 0.2) is 0 Å². The molecule has 3 heteroatoms. The minimum Gasteiger partial charge on any atom is -0.460 e. The van der Waals surface area contributed by atoms with Gasteiger partial charge in [0.05, 0.1) is 19.9 Å². The van der Waals surface area contributed by atoms with E-state index in [1.807, 2.05) is 12.1 Å². The maximum Gasteiger partial charge on any atom is 0.134 e. The molecule has 6 rings (SSSR count). The summed E-state index contributed by atoms with van der Waals surface area (Å²) in [5.74, 6) is 11.4. The molecule has 0 atom stereocenters. The van der Waals surface area contributed by atoms with Crippen LogP contribution in [0.1, 0.15) is 39.2 Å². The molecule has 0 aliphatic heterocycles. The van der Waals surface area contributed by atoms with E-state index < -0.39 is 8.07 Å². The first-order valence-electron chi connectivity index (χ1n) is 13.6. The van der Waals surface area contributed by atoms with Crippen molar-refractivity contribution in [2.45, 2.75) is 40.8 Å². The van der Waals surface area contributed by atoms with Gasteiger partial charge >= 0.3 is 0 Å². The van der Waals surface area contributed by atoms with E-state index >= 15 is 0 Å². The Kier molecular flexibility index (Phi) is 6.99. The first-order chi connectivity index (χ1) is 18.8. The molecule has 2 aromatic heterocycles. The largest absolute Gasteiger partial charge is 0.460 e. The Morgan fingerprint density at radius 3 is 1.18 bits per heavy atom. The van der Waals surface area contributed by atoms with Crippen LogP contribution < -0.4 is 0 Å². The number of rotatable bonds is 6. The molecule has 2 heterocycles. The van der Waals surface area contributed by atoms with E-state index in [0.29, 0.717) is 0 Å². The molecule has 0 amide bonds. The smallest absolute Gasteiger partial charge is 0.134 e. The maximum atomic E-state index is 6.53. The van der Waals surface area contributed by atoms with Crippen LogP contribution in [-0.4, -0.2) is 8.07 Å². The molecule has 39 heavy (non-hydrogen) atoms. The molecule has 2 aliphatic rings. The van der Waals surface area contributed by atoms with Gasteiger partial charge in [-0.1, -0.05) is 101 Å². The fourth-order valence-corrected chi connectivity index (χ4v) is 10.8. The van der Waals surface area contributed by atoms with Gasteiger partial charge < -0.3 is 8.83 Å². The summed E-state index contributed by atoms with van der Waals surface area (Å²) in [6.07, 6.45) is 4.66. The van der Waals surface area contributed by atoms with Gasteiger partial charge in [-0.3, -0.25) is 0 Å². The molecule has 0 unspecified atom stereocenters. The topological polar surface area (TPSA) is 26.3 Å². The highest BCUT2D eigenvalue weighted by molar-refractivity contribution is 6.90. The maximum absolute atomic E-state index is 6.53. The van der Waals surface area contributed by atoms with Gasteiger partial charge in [-0.25, -0.2) is 0 Å². The quantitative estimate of drug-likeness (QED) is 0.234. The number of furan rings is 2.